The molecule has 0 heterocycles. The van der Waals surface area contributed by atoms with E-state index in [1.165, 1.54) is 6.08 Å². The Kier molecular flexibility index (Phi) is 8.27. The molecule has 0 aromatic carbocycles. The molecule has 70 valence electrons. The summed E-state index contributed by atoms with van der Waals surface area (Å²) in [5.74, 6) is 0.00482. The first-order valence-corrected chi connectivity index (χ1v) is 5.76. The zero-order valence-electron chi connectivity index (χ0n) is 7.58. The van der Waals surface area contributed by atoms with Gasteiger partial charge in [-0.2, -0.15) is 0 Å². The molecule has 0 amide bonds. The second kappa shape index (κ2) is 8.61. The molecule has 0 aliphatic rings. The minimum absolute atomic E-state index is 0.00482. The van der Waals surface area contributed by atoms with E-state index >= 15 is 0 Å². The molecule has 0 bridgehead atoms. The van der Waals surface area contributed by atoms with Crippen LogP contribution in [-0.4, -0.2) is 42.3 Å². The Morgan fingerprint density at radius 1 is 1.50 bits per heavy atom. The number of ether oxygens (including phenoxy) is 2. The third kappa shape index (κ3) is 6.24. The maximum absolute atomic E-state index is 9.68. The molecule has 0 aromatic rings. The summed E-state index contributed by atoms with van der Waals surface area (Å²) >= 11 is 0. The van der Waals surface area contributed by atoms with Gasteiger partial charge in [-0.15, -0.1) is 0 Å². The van der Waals surface area contributed by atoms with E-state index < -0.39 is 0 Å². The van der Waals surface area contributed by atoms with Crippen LogP contribution in [0.1, 0.15) is 6.42 Å². The molecular weight excluding hydrogens is 174 g/mol. The van der Waals surface area contributed by atoms with Gasteiger partial charge in [0.1, 0.15) is 5.91 Å². The molecule has 0 fully saturated rings. The van der Waals surface area contributed by atoms with Crippen molar-refractivity contribution >= 4 is 15.6 Å². The highest BCUT2D eigenvalue weighted by molar-refractivity contribution is 6.36. The van der Waals surface area contributed by atoms with Crippen molar-refractivity contribution in [2.24, 2.45) is 4.99 Å². The maximum Gasteiger partial charge on any atom is 0.234 e. The lowest BCUT2D eigenvalue weighted by Crippen LogP contribution is -2.21. The van der Waals surface area contributed by atoms with Crippen LogP contribution in [0.3, 0.4) is 0 Å². The highest BCUT2D eigenvalue weighted by atomic mass is 28.2. The van der Waals surface area contributed by atoms with E-state index in [0.29, 0.717) is 6.54 Å². The topological polar surface area (TPSA) is 47.9 Å². The third-order valence-electron chi connectivity index (χ3n) is 1.55. The van der Waals surface area contributed by atoms with Crippen LogP contribution in [0.4, 0.5) is 0 Å². The SMILES string of the molecule is COC(OC)[SiH2]CCCN=C=O. The third-order valence-corrected chi connectivity index (χ3v) is 3.60. The Hall–Kier alpha value is -0.483. The molecule has 5 heteroatoms. The molecule has 0 unspecified atom stereocenters. The van der Waals surface area contributed by atoms with Crippen molar-refractivity contribution in [3.63, 3.8) is 0 Å². The second-order valence-corrected chi connectivity index (χ2v) is 4.32. The molecule has 0 rings (SSSR count). The van der Waals surface area contributed by atoms with Crippen LogP contribution in [0, 0.1) is 0 Å². The van der Waals surface area contributed by atoms with Crippen LogP contribution in [0.2, 0.25) is 6.04 Å². The van der Waals surface area contributed by atoms with Gasteiger partial charge in [0.15, 0.2) is 0 Å². The Morgan fingerprint density at radius 3 is 2.67 bits per heavy atom. The average Bonchev–Trinajstić information content (AvgIpc) is 2.11. The number of rotatable bonds is 7. The smallest absolute Gasteiger partial charge is 0.234 e. The lowest BCUT2D eigenvalue weighted by molar-refractivity contribution is -0.0441. The van der Waals surface area contributed by atoms with Gasteiger partial charge >= 0.3 is 0 Å². The predicted octanol–water partition coefficient (Wildman–Crippen LogP) is -0.124. The van der Waals surface area contributed by atoms with Crippen LogP contribution in [-0.2, 0) is 14.3 Å². The van der Waals surface area contributed by atoms with Crippen molar-refractivity contribution in [1.29, 1.82) is 0 Å². The lowest BCUT2D eigenvalue weighted by Gasteiger charge is -2.11. The van der Waals surface area contributed by atoms with Crippen LogP contribution < -0.4 is 0 Å². The van der Waals surface area contributed by atoms with Crippen LogP contribution >= 0.6 is 0 Å². The van der Waals surface area contributed by atoms with Crippen LogP contribution in [0.5, 0.6) is 0 Å². The number of hydrogen-bond donors (Lipinski definition) is 0. The normalized spacial score (nSPS) is 10.9. The van der Waals surface area contributed by atoms with E-state index in [0.717, 1.165) is 12.5 Å². The molecule has 0 aromatic heterocycles. The van der Waals surface area contributed by atoms with E-state index in [2.05, 4.69) is 4.99 Å². The minimum Gasteiger partial charge on any atom is -0.360 e. The largest absolute Gasteiger partial charge is 0.360 e. The number of isocyanates is 1. The van der Waals surface area contributed by atoms with Gasteiger partial charge in [-0.3, -0.25) is 0 Å². The van der Waals surface area contributed by atoms with E-state index in [1.807, 2.05) is 0 Å². The molecule has 4 nitrogen and oxygen atoms in total. The van der Waals surface area contributed by atoms with Crippen molar-refractivity contribution in [2.45, 2.75) is 18.4 Å². The maximum atomic E-state index is 9.68. The van der Waals surface area contributed by atoms with Crippen molar-refractivity contribution in [3.05, 3.63) is 0 Å². The highest BCUT2D eigenvalue weighted by Gasteiger charge is 2.03. The molecule has 0 saturated carbocycles. The summed E-state index contributed by atoms with van der Waals surface area (Å²) in [6, 6.07) is 1.08. The van der Waals surface area contributed by atoms with Gasteiger partial charge in [-0.1, -0.05) is 6.04 Å². The Balaban J connectivity index is 3.22. The lowest BCUT2D eigenvalue weighted by atomic mass is 10.5. The van der Waals surface area contributed by atoms with E-state index in [9.17, 15) is 4.79 Å². The van der Waals surface area contributed by atoms with Gasteiger partial charge in [-0.25, -0.2) is 9.79 Å². The van der Waals surface area contributed by atoms with Crippen LogP contribution in [0.15, 0.2) is 4.99 Å². The monoisotopic (exact) mass is 189 g/mol. The summed E-state index contributed by atoms with van der Waals surface area (Å²) in [7, 11) is 2.95. The summed E-state index contributed by atoms with van der Waals surface area (Å²) in [5, 5.41) is 0. The average molecular weight is 189 g/mol. The minimum atomic E-state index is -0.337. The fraction of sp³-hybridized carbons (Fsp3) is 0.857. The summed E-state index contributed by atoms with van der Waals surface area (Å²) in [6.45, 7) is 0.580. The quantitative estimate of drug-likeness (QED) is 0.184. The molecule has 0 saturated heterocycles. The first-order valence-electron chi connectivity index (χ1n) is 3.94. The molecule has 0 aliphatic heterocycles. The molecule has 12 heavy (non-hydrogen) atoms. The number of nitrogens with zero attached hydrogens (tertiary/aromatic N) is 1. The number of methoxy groups -OCH3 is 2. The number of carbonyl (C=O) groups excluding carboxylic acids is 1. The number of aliphatic imine (C=N–C) groups is 1. The first kappa shape index (κ1) is 11.5. The van der Waals surface area contributed by atoms with Gasteiger partial charge in [0.2, 0.25) is 6.08 Å². The van der Waals surface area contributed by atoms with Gasteiger partial charge in [-0.05, 0) is 6.42 Å². The standard InChI is InChI=1S/C7H15NO3Si/c1-10-7(11-2)12-5-3-4-8-6-9/h7H,3-5,12H2,1-2H3. The summed E-state index contributed by atoms with van der Waals surface area (Å²) in [6.07, 6.45) is 2.45. The van der Waals surface area contributed by atoms with Crippen LogP contribution in [0.25, 0.3) is 0 Å². The van der Waals surface area contributed by atoms with Gasteiger partial charge in [0, 0.05) is 14.2 Å². The Bertz CT molecular complexity index is 144. The summed E-state index contributed by atoms with van der Waals surface area (Å²) in [5.41, 5.74) is 0. The fourth-order valence-electron chi connectivity index (χ4n) is 0.879. The first-order chi connectivity index (χ1) is 5.85. The van der Waals surface area contributed by atoms with Crippen molar-refractivity contribution < 1.29 is 14.3 Å². The number of hydrogen-bond acceptors (Lipinski definition) is 4. The van der Waals surface area contributed by atoms with Gasteiger partial charge in [0.05, 0.1) is 16.1 Å². The van der Waals surface area contributed by atoms with Crippen molar-refractivity contribution in [3.8, 4) is 0 Å². The van der Waals surface area contributed by atoms with Crippen molar-refractivity contribution in [2.75, 3.05) is 20.8 Å². The molecule has 0 spiro atoms. The molecule has 0 N–H and O–H groups in total. The predicted molar refractivity (Wildman–Crippen MR) is 48.8 cm³/mol. The van der Waals surface area contributed by atoms with E-state index in [4.69, 9.17) is 9.47 Å². The zero-order valence-corrected chi connectivity index (χ0v) is 8.99. The Labute approximate surface area is 74.8 Å². The second-order valence-electron chi connectivity index (χ2n) is 2.37. The summed E-state index contributed by atoms with van der Waals surface area (Å²) < 4.78 is 10.1. The molecule has 0 atom stereocenters. The fourth-order valence-corrected chi connectivity index (χ4v) is 2.20. The Morgan fingerprint density at radius 2 is 2.17 bits per heavy atom. The van der Waals surface area contributed by atoms with Gasteiger partial charge < -0.3 is 9.47 Å². The van der Waals surface area contributed by atoms with Crippen molar-refractivity contribution in [1.82, 2.24) is 0 Å². The highest BCUT2D eigenvalue weighted by Crippen LogP contribution is 1.95. The zero-order chi connectivity index (χ0) is 9.23. The molecule has 0 radical (unpaired) electrons. The summed E-state index contributed by atoms with van der Waals surface area (Å²) in [4.78, 5) is 13.1. The van der Waals surface area contributed by atoms with E-state index in [1.54, 1.807) is 14.2 Å². The molecular formula is C7H15NO3Si. The molecule has 0 aliphatic carbocycles. The van der Waals surface area contributed by atoms with E-state index in [-0.39, 0.29) is 15.4 Å². The van der Waals surface area contributed by atoms with Gasteiger partial charge in [0.25, 0.3) is 0 Å².